The maximum atomic E-state index is 11.4. The number of rotatable bonds is 3. The number of nitrogens with one attached hydrogen (secondary N) is 1. The van der Waals surface area contributed by atoms with E-state index in [-0.39, 0.29) is 18.9 Å². The normalized spacial score (nSPS) is 26.7. The predicted molar refractivity (Wildman–Crippen MR) is 61.6 cm³/mol. The molecule has 0 saturated carbocycles. The highest BCUT2D eigenvalue weighted by atomic mass is 32.1. The summed E-state index contributed by atoms with van der Waals surface area (Å²) in [6.45, 7) is 0.0666. The minimum absolute atomic E-state index is 0.224. The second-order valence-electron chi connectivity index (χ2n) is 3.95. The summed E-state index contributed by atoms with van der Waals surface area (Å²) in [5.41, 5.74) is 0. The minimum Gasteiger partial charge on any atom is -0.324 e. The molecule has 0 aromatic heterocycles. The van der Waals surface area contributed by atoms with Crippen LogP contribution in [0.2, 0.25) is 0 Å². The molecule has 96 valence electrons. The molecule has 0 bridgehead atoms. The van der Waals surface area contributed by atoms with Gasteiger partial charge in [-0.15, -0.1) is 0 Å². The third-order valence-electron chi connectivity index (χ3n) is 2.80. The van der Waals surface area contributed by atoms with Crippen LogP contribution in [0.3, 0.4) is 0 Å². The lowest BCUT2D eigenvalue weighted by Crippen LogP contribution is -2.49. The average Bonchev–Trinajstić information content (AvgIpc) is 2.14. The Bertz CT molecular complexity index is 329. The first-order valence-corrected chi connectivity index (χ1v) is 8.42. The van der Waals surface area contributed by atoms with E-state index in [4.69, 9.17) is 0 Å². The molecule has 16 heavy (non-hydrogen) atoms. The number of hydrogen-bond donors (Lipinski definition) is 6. The third kappa shape index (κ3) is 2.54. The highest BCUT2D eigenvalue weighted by Gasteiger charge is 2.61. The molecule has 0 aliphatic carbocycles. The van der Waals surface area contributed by atoms with Crippen molar-refractivity contribution in [3.05, 3.63) is 0 Å². The largest absolute Gasteiger partial charge is 0.345 e. The van der Waals surface area contributed by atoms with Crippen LogP contribution in [-0.2, 0) is 9.13 Å². The van der Waals surface area contributed by atoms with Crippen molar-refractivity contribution in [3.8, 4) is 0 Å². The number of thiol groups is 1. The van der Waals surface area contributed by atoms with E-state index in [1.807, 2.05) is 0 Å². The smallest absolute Gasteiger partial charge is 0.324 e. The molecule has 0 aromatic carbocycles. The molecule has 1 heterocycles. The molecule has 1 fully saturated rings. The van der Waals surface area contributed by atoms with E-state index in [1.165, 1.54) is 0 Å². The van der Waals surface area contributed by atoms with Gasteiger partial charge in [0.25, 0.3) is 0 Å². The summed E-state index contributed by atoms with van der Waals surface area (Å²) in [6, 6.07) is 0. The Morgan fingerprint density at radius 1 is 1.25 bits per heavy atom. The summed E-state index contributed by atoms with van der Waals surface area (Å²) in [5.74, 6) is 0.0479. The van der Waals surface area contributed by atoms with Gasteiger partial charge < -0.3 is 24.9 Å². The highest BCUT2D eigenvalue weighted by molar-refractivity contribution is 7.80. The Hall–Kier alpha value is 0.610. The lowest BCUT2D eigenvalue weighted by Gasteiger charge is -2.40. The van der Waals surface area contributed by atoms with Gasteiger partial charge >= 0.3 is 15.2 Å². The predicted octanol–water partition coefficient (Wildman–Crippen LogP) is -0.423. The molecule has 7 nitrogen and oxygen atoms in total. The van der Waals surface area contributed by atoms with Gasteiger partial charge in [-0.25, -0.2) is 0 Å². The van der Waals surface area contributed by atoms with E-state index in [1.54, 1.807) is 0 Å². The minimum atomic E-state index is -4.90. The van der Waals surface area contributed by atoms with Gasteiger partial charge in [-0.2, -0.15) is 12.6 Å². The van der Waals surface area contributed by atoms with Crippen LogP contribution in [0.4, 0.5) is 0 Å². The van der Waals surface area contributed by atoms with Crippen LogP contribution in [0.15, 0.2) is 0 Å². The molecule has 1 aliphatic rings. The lowest BCUT2D eigenvalue weighted by atomic mass is 10.0. The molecule has 1 atom stereocenters. The molecule has 0 aromatic rings. The lowest BCUT2D eigenvalue weighted by molar-refractivity contribution is 0.261. The molecule has 1 saturated heterocycles. The van der Waals surface area contributed by atoms with Crippen LogP contribution in [0.5, 0.6) is 0 Å². The molecule has 1 unspecified atom stereocenters. The van der Waals surface area contributed by atoms with E-state index in [9.17, 15) is 28.7 Å². The van der Waals surface area contributed by atoms with Gasteiger partial charge in [0.2, 0.25) is 0 Å². The van der Waals surface area contributed by atoms with Gasteiger partial charge in [-0.05, 0) is 24.6 Å². The summed E-state index contributed by atoms with van der Waals surface area (Å²) in [7, 11) is -9.81. The van der Waals surface area contributed by atoms with Crippen molar-refractivity contribution >= 4 is 27.8 Å². The molecule has 1 aliphatic heterocycles. The maximum absolute atomic E-state index is 11.4. The van der Waals surface area contributed by atoms with Crippen molar-refractivity contribution in [2.75, 3.05) is 18.8 Å². The standard InChI is InChI=1S/C6H15NO6P2S/c8-14(9,10)6(15(11,12)13)1-5(3-16)2-7-4-6/h5,7,16H,1-4H2,(H2,8,9,10)(H2,11,12,13). The molecule has 0 amide bonds. The van der Waals surface area contributed by atoms with Gasteiger partial charge in [-0.3, -0.25) is 9.13 Å². The van der Waals surface area contributed by atoms with Crippen molar-refractivity contribution in [3.63, 3.8) is 0 Å². The fourth-order valence-corrected chi connectivity index (χ4v) is 5.07. The zero-order valence-corrected chi connectivity index (χ0v) is 11.0. The van der Waals surface area contributed by atoms with Gasteiger partial charge in [0.15, 0.2) is 4.90 Å². The van der Waals surface area contributed by atoms with Crippen molar-refractivity contribution in [2.45, 2.75) is 11.3 Å². The summed E-state index contributed by atoms with van der Waals surface area (Å²) in [4.78, 5) is 34.5. The summed E-state index contributed by atoms with van der Waals surface area (Å²) >= 11 is 3.99. The Kier molecular flexibility index (Phi) is 4.31. The van der Waals surface area contributed by atoms with Crippen LogP contribution in [0.25, 0.3) is 0 Å². The van der Waals surface area contributed by atoms with Gasteiger partial charge in [0, 0.05) is 6.54 Å². The van der Waals surface area contributed by atoms with Crippen molar-refractivity contribution < 1.29 is 28.7 Å². The molecule has 5 N–H and O–H groups in total. The van der Waals surface area contributed by atoms with Crippen molar-refractivity contribution in [2.24, 2.45) is 5.92 Å². The van der Waals surface area contributed by atoms with E-state index < -0.39 is 20.1 Å². The molecule has 1 rings (SSSR count). The van der Waals surface area contributed by atoms with Gasteiger partial charge in [0.1, 0.15) is 0 Å². The average molecular weight is 291 g/mol. The van der Waals surface area contributed by atoms with Crippen molar-refractivity contribution in [1.82, 2.24) is 5.32 Å². The van der Waals surface area contributed by atoms with E-state index in [0.29, 0.717) is 12.3 Å². The van der Waals surface area contributed by atoms with Crippen LogP contribution < -0.4 is 5.32 Å². The van der Waals surface area contributed by atoms with Crippen LogP contribution in [0.1, 0.15) is 6.42 Å². The first-order chi connectivity index (χ1) is 7.14. The van der Waals surface area contributed by atoms with Crippen LogP contribution >= 0.6 is 27.8 Å². The molecule has 0 radical (unpaired) electrons. The van der Waals surface area contributed by atoms with Crippen molar-refractivity contribution in [1.29, 1.82) is 0 Å². The fraction of sp³-hybridized carbons (Fsp3) is 1.00. The molecular weight excluding hydrogens is 276 g/mol. The quantitative estimate of drug-likeness (QED) is 0.308. The molecule has 10 heteroatoms. The Labute approximate surface area is 98.4 Å². The zero-order valence-electron chi connectivity index (χ0n) is 8.35. The van der Waals surface area contributed by atoms with Crippen LogP contribution in [0, 0.1) is 5.92 Å². The number of hydrogen-bond acceptors (Lipinski definition) is 4. The summed E-state index contributed by atoms with van der Waals surface area (Å²) in [6.07, 6.45) is -0.224. The Morgan fingerprint density at radius 2 is 1.75 bits per heavy atom. The van der Waals surface area contributed by atoms with E-state index >= 15 is 0 Å². The summed E-state index contributed by atoms with van der Waals surface area (Å²) < 4.78 is 22.7. The number of piperidine rings is 1. The van der Waals surface area contributed by atoms with Crippen LogP contribution in [-0.4, -0.2) is 43.3 Å². The SMILES string of the molecule is O=P(O)(O)C1(P(=O)(O)O)CNCC(CS)C1. The third-order valence-corrected chi connectivity index (χ3v) is 7.73. The van der Waals surface area contributed by atoms with Gasteiger partial charge in [-0.1, -0.05) is 0 Å². The van der Waals surface area contributed by atoms with E-state index in [2.05, 4.69) is 17.9 Å². The molecule has 0 spiro atoms. The van der Waals surface area contributed by atoms with E-state index in [0.717, 1.165) is 0 Å². The topological polar surface area (TPSA) is 127 Å². The molecular formula is C6H15NO6P2S. The monoisotopic (exact) mass is 291 g/mol. The fourth-order valence-electron chi connectivity index (χ4n) is 1.83. The second-order valence-corrected chi connectivity index (χ2v) is 8.56. The maximum Gasteiger partial charge on any atom is 0.345 e. The summed E-state index contributed by atoms with van der Waals surface area (Å²) in [5, 5.41) is 2.66. The first-order valence-electron chi connectivity index (χ1n) is 4.57. The highest BCUT2D eigenvalue weighted by Crippen LogP contribution is 2.71. The second kappa shape index (κ2) is 4.71. The Morgan fingerprint density at radius 3 is 2.12 bits per heavy atom. The van der Waals surface area contributed by atoms with Gasteiger partial charge in [0.05, 0.1) is 0 Å². The Balaban J connectivity index is 3.16. The zero-order chi connectivity index (χ0) is 12.6. The first kappa shape index (κ1) is 14.7.